The highest BCUT2D eigenvalue weighted by molar-refractivity contribution is 7.80. The summed E-state index contributed by atoms with van der Waals surface area (Å²) in [6.07, 6.45) is 1.86. The van der Waals surface area contributed by atoms with Crippen molar-refractivity contribution in [2.75, 3.05) is 33.1 Å². The minimum absolute atomic E-state index is 0.0198. The number of hydrogen-bond acceptors (Lipinski definition) is 3. The summed E-state index contributed by atoms with van der Waals surface area (Å²) in [7, 11) is 5.16. The van der Waals surface area contributed by atoms with Gasteiger partial charge in [0.05, 0.1) is 7.11 Å². The molecule has 0 radical (unpaired) electrons. The lowest BCUT2D eigenvalue weighted by molar-refractivity contribution is 0.0827. The van der Waals surface area contributed by atoms with Gasteiger partial charge in [-0.2, -0.15) is 0 Å². The third-order valence-electron chi connectivity index (χ3n) is 3.90. The molecule has 0 fully saturated rings. The molecule has 0 spiro atoms. The molecule has 6 heteroatoms. The van der Waals surface area contributed by atoms with Crippen molar-refractivity contribution in [1.82, 2.24) is 10.2 Å². The molecule has 138 valence electrons. The Hall–Kier alpha value is -2.60. The average Bonchev–Trinajstić information content (AvgIpc) is 2.65. The molecule has 26 heavy (non-hydrogen) atoms. The largest absolute Gasteiger partial charge is 0.496 e. The highest BCUT2D eigenvalue weighted by Crippen LogP contribution is 2.18. The first kappa shape index (κ1) is 19.7. The van der Waals surface area contributed by atoms with Gasteiger partial charge in [-0.3, -0.25) is 4.79 Å². The van der Waals surface area contributed by atoms with E-state index in [1.807, 2.05) is 30.3 Å². The fourth-order valence-corrected chi connectivity index (χ4v) is 2.74. The number of thiocarbonyl (C=S) groups is 1. The van der Waals surface area contributed by atoms with E-state index in [0.717, 1.165) is 30.8 Å². The molecule has 0 aromatic heterocycles. The molecule has 2 rings (SSSR count). The van der Waals surface area contributed by atoms with Crippen molar-refractivity contribution in [2.24, 2.45) is 0 Å². The molecule has 0 bridgehead atoms. The van der Waals surface area contributed by atoms with Crippen LogP contribution in [-0.2, 0) is 6.42 Å². The minimum Gasteiger partial charge on any atom is -0.496 e. The van der Waals surface area contributed by atoms with Crippen molar-refractivity contribution < 1.29 is 9.53 Å². The summed E-state index contributed by atoms with van der Waals surface area (Å²) >= 11 is 5.32. The maximum atomic E-state index is 11.9. The number of anilines is 1. The first-order valence-corrected chi connectivity index (χ1v) is 8.90. The fourth-order valence-electron chi connectivity index (χ4n) is 2.52. The number of ether oxygens (including phenoxy) is 1. The summed E-state index contributed by atoms with van der Waals surface area (Å²) < 4.78 is 5.36. The van der Waals surface area contributed by atoms with Crippen molar-refractivity contribution in [2.45, 2.75) is 12.8 Å². The number of para-hydroxylation sites is 1. The summed E-state index contributed by atoms with van der Waals surface area (Å²) in [6.45, 7) is 0.765. The van der Waals surface area contributed by atoms with Crippen LogP contribution in [-0.4, -0.2) is 43.7 Å². The third-order valence-corrected chi connectivity index (χ3v) is 4.14. The lowest BCUT2D eigenvalue weighted by Crippen LogP contribution is -2.29. The smallest absolute Gasteiger partial charge is 0.253 e. The van der Waals surface area contributed by atoms with E-state index < -0.39 is 0 Å². The van der Waals surface area contributed by atoms with Gasteiger partial charge in [-0.1, -0.05) is 18.2 Å². The van der Waals surface area contributed by atoms with Gasteiger partial charge >= 0.3 is 0 Å². The quantitative estimate of drug-likeness (QED) is 0.578. The first-order valence-electron chi connectivity index (χ1n) is 8.49. The summed E-state index contributed by atoms with van der Waals surface area (Å²) in [4.78, 5) is 13.4. The van der Waals surface area contributed by atoms with Gasteiger partial charge in [-0.05, 0) is 61.0 Å². The molecule has 1 amide bonds. The number of nitrogens with zero attached hydrogens (tertiary/aromatic N) is 1. The van der Waals surface area contributed by atoms with E-state index in [9.17, 15) is 4.79 Å². The van der Waals surface area contributed by atoms with Crippen LogP contribution < -0.4 is 15.4 Å². The number of carbonyl (C=O) groups excluding carboxylic acids is 1. The Morgan fingerprint density at radius 2 is 1.81 bits per heavy atom. The van der Waals surface area contributed by atoms with Crippen LogP contribution in [0.1, 0.15) is 22.3 Å². The summed E-state index contributed by atoms with van der Waals surface area (Å²) in [5, 5.41) is 6.89. The van der Waals surface area contributed by atoms with Crippen molar-refractivity contribution >= 4 is 28.9 Å². The van der Waals surface area contributed by atoms with Crippen molar-refractivity contribution in [3.63, 3.8) is 0 Å². The van der Waals surface area contributed by atoms with Gasteiger partial charge in [0.2, 0.25) is 0 Å². The number of rotatable bonds is 7. The van der Waals surface area contributed by atoms with E-state index in [1.165, 1.54) is 5.56 Å². The second-order valence-electron chi connectivity index (χ2n) is 6.07. The summed E-state index contributed by atoms with van der Waals surface area (Å²) in [5.74, 6) is 0.897. The zero-order valence-corrected chi connectivity index (χ0v) is 16.2. The maximum Gasteiger partial charge on any atom is 0.253 e. The predicted molar refractivity (Wildman–Crippen MR) is 110 cm³/mol. The Labute approximate surface area is 160 Å². The number of carbonyl (C=O) groups is 1. The Balaban J connectivity index is 1.76. The highest BCUT2D eigenvalue weighted by Gasteiger charge is 2.07. The number of amides is 1. The van der Waals surface area contributed by atoms with Gasteiger partial charge in [0.1, 0.15) is 5.75 Å². The zero-order valence-electron chi connectivity index (χ0n) is 15.4. The predicted octanol–water partition coefficient (Wildman–Crippen LogP) is 3.32. The van der Waals surface area contributed by atoms with E-state index in [0.29, 0.717) is 10.7 Å². The van der Waals surface area contributed by atoms with Crippen molar-refractivity contribution in [1.29, 1.82) is 0 Å². The normalized spacial score (nSPS) is 10.1. The van der Waals surface area contributed by atoms with Crippen LogP contribution in [0.2, 0.25) is 0 Å². The minimum atomic E-state index is -0.0198. The van der Waals surface area contributed by atoms with Crippen LogP contribution in [0.15, 0.2) is 48.5 Å². The number of nitrogens with one attached hydrogen (secondary N) is 2. The first-order chi connectivity index (χ1) is 12.5. The van der Waals surface area contributed by atoms with Crippen LogP contribution in [0.25, 0.3) is 0 Å². The van der Waals surface area contributed by atoms with E-state index in [1.54, 1.807) is 38.2 Å². The molecule has 0 saturated carbocycles. The van der Waals surface area contributed by atoms with Crippen LogP contribution >= 0.6 is 12.2 Å². The number of methoxy groups -OCH3 is 1. The van der Waals surface area contributed by atoms with E-state index in [2.05, 4.69) is 16.7 Å². The number of benzene rings is 2. The van der Waals surface area contributed by atoms with Gasteiger partial charge in [-0.25, -0.2) is 0 Å². The van der Waals surface area contributed by atoms with E-state index in [-0.39, 0.29) is 5.91 Å². The molecule has 0 aliphatic rings. The van der Waals surface area contributed by atoms with Crippen molar-refractivity contribution in [3.05, 3.63) is 59.7 Å². The molecule has 2 aromatic rings. The third kappa shape index (κ3) is 5.74. The summed E-state index contributed by atoms with van der Waals surface area (Å²) in [6, 6.07) is 15.3. The molecular formula is C20H25N3O2S. The topological polar surface area (TPSA) is 53.6 Å². The lowest BCUT2D eigenvalue weighted by atomic mass is 10.1. The molecule has 2 N–H and O–H groups in total. The van der Waals surface area contributed by atoms with Crippen LogP contribution in [0.4, 0.5) is 5.69 Å². The Kier molecular flexibility index (Phi) is 7.41. The highest BCUT2D eigenvalue weighted by atomic mass is 32.1. The van der Waals surface area contributed by atoms with Crippen molar-refractivity contribution in [3.8, 4) is 5.75 Å². The average molecular weight is 372 g/mol. The number of aryl methyl sites for hydroxylation is 1. The van der Waals surface area contributed by atoms with Crippen LogP contribution in [0, 0.1) is 0 Å². The molecular weight excluding hydrogens is 346 g/mol. The summed E-state index contributed by atoms with van der Waals surface area (Å²) in [5.41, 5.74) is 2.69. The van der Waals surface area contributed by atoms with E-state index >= 15 is 0 Å². The molecule has 0 unspecified atom stereocenters. The maximum absolute atomic E-state index is 11.9. The molecule has 2 aromatic carbocycles. The van der Waals surface area contributed by atoms with Crippen LogP contribution in [0.3, 0.4) is 0 Å². The van der Waals surface area contributed by atoms with Gasteiger partial charge in [0.25, 0.3) is 5.91 Å². The second kappa shape index (κ2) is 9.77. The fraction of sp³-hybridized carbons (Fsp3) is 0.300. The van der Waals surface area contributed by atoms with Gasteiger partial charge < -0.3 is 20.3 Å². The monoisotopic (exact) mass is 371 g/mol. The Morgan fingerprint density at radius 1 is 1.12 bits per heavy atom. The molecule has 0 atom stereocenters. The Bertz CT molecular complexity index is 745. The second-order valence-corrected chi connectivity index (χ2v) is 6.48. The molecule has 0 aliphatic carbocycles. The zero-order chi connectivity index (χ0) is 18.9. The molecule has 0 saturated heterocycles. The Morgan fingerprint density at radius 3 is 2.46 bits per heavy atom. The van der Waals surface area contributed by atoms with Crippen LogP contribution in [0.5, 0.6) is 5.75 Å². The lowest BCUT2D eigenvalue weighted by Gasteiger charge is -2.13. The van der Waals surface area contributed by atoms with Gasteiger partial charge in [0.15, 0.2) is 5.11 Å². The SMILES string of the molecule is COc1ccccc1CCCNC(=S)Nc1ccc(C(=O)N(C)C)cc1. The molecule has 5 nitrogen and oxygen atoms in total. The van der Waals surface area contributed by atoms with Gasteiger partial charge in [0, 0.05) is 31.9 Å². The van der Waals surface area contributed by atoms with Gasteiger partial charge in [-0.15, -0.1) is 0 Å². The molecule has 0 heterocycles. The standard InChI is InChI=1S/C20H25N3O2S/c1-23(2)19(24)16-10-12-17(13-11-16)22-20(26)21-14-6-8-15-7-4-5-9-18(15)25-3/h4-5,7,9-13H,6,8,14H2,1-3H3,(H2,21,22,26). The number of hydrogen-bond donors (Lipinski definition) is 2. The molecule has 0 aliphatic heterocycles. The van der Waals surface area contributed by atoms with E-state index in [4.69, 9.17) is 17.0 Å².